The van der Waals surface area contributed by atoms with Gasteiger partial charge >= 0.3 is 0 Å². The van der Waals surface area contributed by atoms with Crippen LogP contribution in [0.25, 0.3) is 10.8 Å². The molecule has 2 aromatic rings. The van der Waals surface area contributed by atoms with Gasteiger partial charge in [-0.2, -0.15) is 0 Å². The minimum Gasteiger partial charge on any atom is -0.508 e. The van der Waals surface area contributed by atoms with E-state index in [0.29, 0.717) is 11.1 Å². The minimum absolute atomic E-state index is 0.0399. The van der Waals surface area contributed by atoms with E-state index in [1.54, 1.807) is 18.2 Å². The van der Waals surface area contributed by atoms with Crippen molar-refractivity contribution in [3.05, 3.63) is 30.3 Å². The number of fused-ring (bicyclic) bond motifs is 1. The normalized spacial score (nSPS) is 10.5. The summed E-state index contributed by atoms with van der Waals surface area (Å²) in [5.41, 5.74) is 5.93. The number of phenols is 2. The van der Waals surface area contributed by atoms with Gasteiger partial charge in [-0.05, 0) is 23.6 Å². The molecule has 0 fully saturated rings. The predicted molar refractivity (Wildman–Crippen MR) is 51.7 cm³/mol. The first-order valence-electron chi connectivity index (χ1n) is 3.88. The maximum atomic E-state index is 9.30. The molecule has 3 heteroatoms. The van der Waals surface area contributed by atoms with Gasteiger partial charge in [-0.25, -0.2) is 0 Å². The van der Waals surface area contributed by atoms with Crippen LogP contribution in [-0.2, 0) is 0 Å². The molecule has 0 bridgehead atoms. The van der Waals surface area contributed by atoms with Crippen molar-refractivity contribution in [3.63, 3.8) is 0 Å². The summed E-state index contributed by atoms with van der Waals surface area (Å²) >= 11 is 0. The summed E-state index contributed by atoms with van der Waals surface area (Å²) in [6, 6.07) is 8.15. The van der Waals surface area contributed by atoms with E-state index >= 15 is 0 Å². The second kappa shape index (κ2) is 2.55. The van der Waals surface area contributed by atoms with Crippen LogP contribution in [0.2, 0.25) is 0 Å². The highest BCUT2D eigenvalue weighted by molar-refractivity contribution is 5.96. The number of aromatic hydroxyl groups is 2. The van der Waals surface area contributed by atoms with Crippen LogP contribution in [0, 0.1) is 0 Å². The lowest BCUT2D eigenvalue weighted by atomic mass is 10.1. The van der Waals surface area contributed by atoms with Crippen LogP contribution < -0.4 is 5.73 Å². The molecular weight excluding hydrogens is 166 g/mol. The standard InChI is InChI=1S/C10H9NO2/c11-10-8-5-7(12)3-1-6(8)2-4-9(10)13/h1-5,12-13H,11H2. The van der Waals surface area contributed by atoms with E-state index in [1.807, 2.05) is 0 Å². The third kappa shape index (κ3) is 1.14. The van der Waals surface area contributed by atoms with E-state index in [9.17, 15) is 10.2 Å². The molecule has 13 heavy (non-hydrogen) atoms. The summed E-state index contributed by atoms with van der Waals surface area (Å²) in [5.74, 6) is 0.183. The molecule has 0 unspecified atom stereocenters. The number of nitrogens with two attached hydrogens (primary N) is 1. The van der Waals surface area contributed by atoms with Gasteiger partial charge in [0.15, 0.2) is 0 Å². The van der Waals surface area contributed by atoms with Crippen LogP contribution in [0.1, 0.15) is 0 Å². The molecule has 2 aromatic carbocycles. The van der Waals surface area contributed by atoms with Gasteiger partial charge in [0.1, 0.15) is 11.5 Å². The van der Waals surface area contributed by atoms with Crippen molar-refractivity contribution in [2.75, 3.05) is 5.73 Å². The van der Waals surface area contributed by atoms with Crippen molar-refractivity contribution >= 4 is 16.5 Å². The summed E-state index contributed by atoms with van der Waals surface area (Å²) in [5, 5.41) is 20.1. The van der Waals surface area contributed by atoms with Crippen LogP contribution in [-0.4, -0.2) is 10.2 Å². The van der Waals surface area contributed by atoms with Gasteiger partial charge in [-0.1, -0.05) is 12.1 Å². The largest absolute Gasteiger partial charge is 0.508 e. The molecule has 0 radical (unpaired) electrons. The summed E-state index contributed by atoms with van der Waals surface area (Å²) < 4.78 is 0. The van der Waals surface area contributed by atoms with Crippen LogP contribution >= 0.6 is 0 Å². The van der Waals surface area contributed by atoms with Gasteiger partial charge in [0.2, 0.25) is 0 Å². The van der Waals surface area contributed by atoms with Crippen molar-refractivity contribution in [1.82, 2.24) is 0 Å². The van der Waals surface area contributed by atoms with Crippen molar-refractivity contribution in [2.45, 2.75) is 0 Å². The lowest BCUT2D eigenvalue weighted by Gasteiger charge is -2.04. The van der Waals surface area contributed by atoms with E-state index in [0.717, 1.165) is 5.39 Å². The zero-order valence-corrected chi connectivity index (χ0v) is 6.86. The molecule has 2 rings (SSSR count). The molecule has 3 nitrogen and oxygen atoms in total. The fourth-order valence-electron chi connectivity index (χ4n) is 1.32. The molecule has 0 spiro atoms. The summed E-state index contributed by atoms with van der Waals surface area (Å²) in [7, 11) is 0. The Morgan fingerprint density at radius 1 is 1.00 bits per heavy atom. The summed E-state index contributed by atoms with van der Waals surface area (Å²) in [4.78, 5) is 0. The van der Waals surface area contributed by atoms with Crippen molar-refractivity contribution in [2.24, 2.45) is 0 Å². The number of benzene rings is 2. The Morgan fingerprint density at radius 3 is 2.46 bits per heavy atom. The van der Waals surface area contributed by atoms with Crippen molar-refractivity contribution in [1.29, 1.82) is 0 Å². The molecule has 0 heterocycles. The fraction of sp³-hybridized carbons (Fsp3) is 0. The molecule has 0 saturated heterocycles. The zero-order chi connectivity index (χ0) is 9.42. The lowest BCUT2D eigenvalue weighted by Crippen LogP contribution is -1.87. The molecule has 66 valence electrons. The number of hydrogen-bond acceptors (Lipinski definition) is 3. The minimum atomic E-state index is 0.0399. The molecule has 0 aromatic heterocycles. The molecular formula is C10H9NO2. The fourth-order valence-corrected chi connectivity index (χ4v) is 1.32. The summed E-state index contributed by atoms with van der Waals surface area (Å²) in [6.07, 6.45) is 0. The lowest BCUT2D eigenvalue weighted by molar-refractivity contribution is 0.475. The average molecular weight is 175 g/mol. The Balaban J connectivity index is 2.89. The van der Waals surface area contributed by atoms with Gasteiger partial charge in [0, 0.05) is 5.39 Å². The Hall–Kier alpha value is -1.90. The van der Waals surface area contributed by atoms with Gasteiger partial charge in [0.25, 0.3) is 0 Å². The molecule has 0 amide bonds. The Labute approximate surface area is 75.0 Å². The highest BCUT2D eigenvalue weighted by Gasteiger charge is 2.02. The quantitative estimate of drug-likeness (QED) is 0.422. The SMILES string of the molecule is Nc1c(O)ccc2ccc(O)cc12. The van der Waals surface area contributed by atoms with Gasteiger partial charge in [0.05, 0.1) is 5.69 Å². The first-order chi connectivity index (χ1) is 6.18. The Kier molecular flexibility index (Phi) is 1.52. The third-order valence-electron chi connectivity index (χ3n) is 2.02. The molecule has 0 saturated carbocycles. The van der Waals surface area contributed by atoms with Gasteiger partial charge in [-0.15, -0.1) is 0 Å². The van der Waals surface area contributed by atoms with Gasteiger partial charge in [-0.3, -0.25) is 0 Å². The maximum absolute atomic E-state index is 9.30. The molecule has 0 atom stereocenters. The van der Waals surface area contributed by atoms with Crippen LogP contribution in [0.4, 0.5) is 5.69 Å². The smallest absolute Gasteiger partial charge is 0.139 e. The Bertz CT molecular complexity index is 460. The number of phenolic OH excluding ortho intramolecular Hbond substituents is 2. The van der Waals surface area contributed by atoms with E-state index in [4.69, 9.17) is 5.73 Å². The topological polar surface area (TPSA) is 66.5 Å². The third-order valence-corrected chi connectivity index (χ3v) is 2.02. The Morgan fingerprint density at radius 2 is 1.69 bits per heavy atom. The second-order valence-electron chi connectivity index (χ2n) is 2.90. The second-order valence-corrected chi connectivity index (χ2v) is 2.90. The van der Waals surface area contributed by atoms with E-state index in [-0.39, 0.29) is 11.5 Å². The van der Waals surface area contributed by atoms with Crippen molar-refractivity contribution < 1.29 is 10.2 Å². The average Bonchev–Trinajstić information content (AvgIpc) is 2.12. The van der Waals surface area contributed by atoms with E-state index in [2.05, 4.69) is 0 Å². The highest BCUT2D eigenvalue weighted by Crippen LogP contribution is 2.31. The van der Waals surface area contributed by atoms with Crippen molar-refractivity contribution in [3.8, 4) is 11.5 Å². The van der Waals surface area contributed by atoms with Gasteiger partial charge < -0.3 is 15.9 Å². The first-order valence-corrected chi connectivity index (χ1v) is 3.88. The monoisotopic (exact) mass is 175 g/mol. The highest BCUT2D eigenvalue weighted by atomic mass is 16.3. The summed E-state index contributed by atoms with van der Waals surface area (Å²) in [6.45, 7) is 0. The van der Waals surface area contributed by atoms with Crippen LogP contribution in [0.15, 0.2) is 30.3 Å². The van der Waals surface area contributed by atoms with E-state index in [1.165, 1.54) is 12.1 Å². The predicted octanol–water partition coefficient (Wildman–Crippen LogP) is 1.83. The first kappa shape index (κ1) is 7.73. The number of anilines is 1. The number of nitrogen functional groups attached to an aromatic ring is 1. The zero-order valence-electron chi connectivity index (χ0n) is 6.86. The molecule has 0 aliphatic carbocycles. The maximum Gasteiger partial charge on any atom is 0.139 e. The molecule has 4 N–H and O–H groups in total. The number of hydrogen-bond donors (Lipinski definition) is 3. The number of rotatable bonds is 0. The van der Waals surface area contributed by atoms with Crippen LogP contribution in [0.5, 0.6) is 11.5 Å². The van der Waals surface area contributed by atoms with Crippen LogP contribution in [0.3, 0.4) is 0 Å². The molecule has 0 aliphatic heterocycles. The molecule has 0 aliphatic rings. The van der Waals surface area contributed by atoms with E-state index < -0.39 is 0 Å².